The molecule has 0 saturated carbocycles. The molecule has 2 aliphatic rings. The van der Waals surface area contributed by atoms with Crippen LogP contribution in [0.25, 0.3) is 33.0 Å². The lowest BCUT2D eigenvalue weighted by molar-refractivity contribution is -0.122. The average molecular weight is 455 g/mol. The molecule has 7 nitrogen and oxygen atoms in total. The SMILES string of the molecule is CNCC1CCn2cc(c3ccccc32)C2=C(C(=O)NC2=O)c2cn(c3ccccc23)CCO1. The summed E-state index contributed by atoms with van der Waals surface area (Å²) in [5, 5.41) is 7.71. The molecule has 2 aliphatic heterocycles. The van der Waals surface area contributed by atoms with E-state index in [-0.39, 0.29) is 17.9 Å². The highest BCUT2D eigenvalue weighted by molar-refractivity contribution is 6.50. The Kier molecular flexibility index (Phi) is 5.08. The average Bonchev–Trinajstić information content (AvgIpc) is 3.48. The molecule has 0 spiro atoms. The largest absolute Gasteiger partial charge is 0.375 e. The third-order valence-electron chi connectivity index (χ3n) is 6.86. The summed E-state index contributed by atoms with van der Waals surface area (Å²) in [6, 6.07) is 16.1. The zero-order chi connectivity index (χ0) is 23.2. The van der Waals surface area contributed by atoms with Crippen molar-refractivity contribution in [1.82, 2.24) is 19.8 Å². The van der Waals surface area contributed by atoms with E-state index in [1.807, 2.05) is 61.9 Å². The maximum atomic E-state index is 13.2. The van der Waals surface area contributed by atoms with Gasteiger partial charge in [0.15, 0.2) is 0 Å². The van der Waals surface area contributed by atoms with Gasteiger partial charge in [0, 0.05) is 65.0 Å². The summed E-state index contributed by atoms with van der Waals surface area (Å²) < 4.78 is 10.6. The van der Waals surface area contributed by atoms with Crippen molar-refractivity contribution in [2.45, 2.75) is 25.6 Å². The van der Waals surface area contributed by atoms with E-state index in [2.05, 4.69) is 25.8 Å². The van der Waals surface area contributed by atoms with Crippen molar-refractivity contribution < 1.29 is 14.3 Å². The molecule has 0 radical (unpaired) electrons. The smallest absolute Gasteiger partial charge is 0.259 e. The van der Waals surface area contributed by atoms with E-state index in [0.717, 1.165) is 52.4 Å². The lowest BCUT2D eigenvalue weighted by Crippen LogP contribution is -2.29. The zero-order valence-corrected chi connectivity index (χ0v) is 19.0. The van der Waals surface area contributed by atoms with Gasteiger partial charge >= 0.3 is 0 Å². The van der Waals surface area contributed by atoms with Gasteiger partial charge in [0.2, 0.25) is 0 Å². The molecule has 2 amide bonds. The summed E-state index contributed by atoms with van der Waals surface area (Å²) in [6.07, 6.45) is 4.89. The molecular formula is C27H26N4O3. The van der Waals surface area contributed by atoms with Crippen molar-refractivity contribution in [3.63, 3.8) is 0 Å². The molecule has 2 aromatic carbocycles. The monoisotopic (exact) mass is 454 g/mol. The van der Waals surface area contributed by atoms with E-state index in [0.29, 0.717) is 24.3 Å². The van der Waals surface area contributed by atoms with Gasteiger partial charge in [0.25, 0.3) is 11.8 Å². The number of likely N-dealkylation sites (N-methyl/N-ethyl adjacent to an activating group) is 1. The van der Waals surface area contributed by atoms with E-state index in [4.69, 9.17) is 4.74 Å². The molecule has 172 valence electrons. The number of nitrogens with zero attached hydrogens (tertiary/aromatic N) is 2. The predicted octanol–water partition coefficient (Wildman–Crippen LogP) is 3.17. The minimum atomic E-state index is -0.350. The highest BCUT2D eigenvalue weighted by Gasteiger charge is 2.35. The van der Waals surface area contributed by atoms with Crippen molar-refractivity contribution in [2.75, 3.05) is 20.2 Å². The third kappa shape index (κ3) is 3.28. The number of hydrogen-bond acceptors (Lipinski definition) is 4. The van der Waals surface area contributed by atoms with Gasteiger partial charge in [-0.25, -0.2) is 0 Å². The van der Waals surface area contributed by atoms with Crippen molar-refractivity contribution >= 4 is 44.8 Å². The first-order valence-corrected chi connectivity index (χ1v) is 11.7. The molecule has 2 N–H and O–H groups in total. The van der Waals surface area contributed by atoms with Gasteiger partial charge < -0.3 is 19.2 Å². The molecular weight excluding hydrogens is 428 g/mol. The highest BCUT2D eigenvalue weighted by Crippen LogP contribution is 2.39. The molecule has 0 fully saturated rings. The standard InChI is InChI=1S/C27H26N4O3/c1-28-14-17-10-11-30-15-20(18-6-2-4-8-22(18)30)24-25(27(33)29-26(24)32)21-16-31(12-13-34-17)23-9-5-3-7-19(21)23/h2-9,15-17,28H,10-14H2,1H3,(H,29,32,33). The van der Waals surface area contributed by atoms with Crippen LogP contribution in [0.3, 0.4) is 0 Å². The summed E-state index contributed by atoms with van der Waals surface area (Å²) in [5.74, 6) is -0.694. The number of aryl methyl sites for hydroxylation is 1. The summed E-state index contributed by atoms with van der Waals surface area (Å²) in [7, 11) is 1.94. The van der Waals surface area contributed by atoms with E-state index in [1.165, 1.54) is 0 Å². The molecule has 1 unspecified atom stereocenters. The molecule has 1 atom stereocenters. The first-order chi connectivity index (χ1) is 16.7. The number of hydrogen-bond donors (Lipinski definition) is 2. The Labute approximate surface area is 197 Å². The second kappa shape index (κ2) is 8.27. The van der Waals surface area contributed by atoms with Gasteiger partial charge in [-0.05, 0) is 25.6 Å². The molecule has 34 heavy (non-hydrogen) atoms. The van der Waals surface area contributed by atoms with Gasteiger partial charge in [0.1, 0.15) is 0 Å². The van der Waals surface area contributed by atoms with Crippen LogP contribution in [0, 0.1) is 0 Å². The van der Waals surface area contributed by atoms with E-state index < -0.39 is 0 Å². The Bertz CT molecular complexity index is 1480. The summed E-state index contributed by atoms with van der Waals surface area (Å²) >= 11 is 0. The van der Waals surface area contributed by atoms with Crippen LogP contribution in [0.15, 0.2) is 60.9 Å². The number of benzene rings is 2. The molecule has 0 saturated heterocycles. The molecule has 0 aliphatic carbocycles. The number of imide groups is 1. The number of para-hydroxylation sites is 2. The zero-order valence-electron chi connectivity index (χ0n) is 19.0. The molecule has 7 heteroatoms. The number of rotatable bonds is 2. The summed E-state index contributed by atoms with van der Waals surface area (Å²) in [6.45, 7) is 2.72. The first kappa shape index (κ1) is 20.9. The number of nitrogens with one attached hydrogen (secondary N) is 2. The number of ether oxygens (including phenoxy) is 1. The van der Waals surface area contributed by atoms with Crippen molar-refractivity contribution in [3.05, 3.63) is 72.1 Å². The topological polar surface area (TPSA) is 77.3 Å². The molecule has 4 bridgehead atoms. The fourth-order valence-corrected chi connectivity index (χ4v) is 5.30. The Morgan fingerprint density at radius 1 is 0.882 bits per heavy atom. The quantitative estimate of drug-likeness (QED) is 0.456. The second-order valence-corrected chi connectivity index (χ2v) is 8.88. The van der Waals surface area contributed by atoms with Crippen LogP contribution in [0.5, 0.6) is 0 Å². The van der Waals surface area contributed by atoms with Gasteiger partial charge in [-0.2, -0.15) is 0 Å². The molecule has 4 heterocycles. The van der Waals surface area contributed by atoms with Gasteiger partial charge in [-0.15, -0.1) is 0 Å². The van der Waals surface area contributed by atoms with Crippen LogP contribution in [0.1, 0.15) is 17.5 Å². The van der Waals surface area contributed by atoms with Crippen molar-refractivity contribution in [2.24, 2.45) is 0 Å². The Hall–Kier alpha value is -3.68. The minimum absolute atomic E-state index is 0.0602. The second-order valence-electron chi connectivity index (χ2n) is 8.88. The van der Waals surface area contributed by atoms with Crippen molar-refractivity contribution in [1.29, 1.82) is 0 Å². The van der Waals surface area contributed by atoms with Crippen LogP contribution in [0.2, 0.25) is 0 Å². The fraction of sp³-hybridized carbons (Fsp3) is 0.259. The van der Waals surface area contributed by atoms with Crippen LogP contribution in [-0.4, -0.2) is 47.3 Å². The van der Waals surface area contributed by atoms with Gasteiger partial charge in [0.05, 0.1) is 23.9 Å². The lowest BCUT2D eigenvalue weighted by atomic mass is 9.95. The maximum absolute atomic E-state index is 13.2. The summed E-state index contributed by atoms with van der Waals surface area (Å²) in [5.41, 5.74) is 4.50. The highest BCUT2D eigenvalue weighted by atomic mass is 16.5. The maximum Gasteiger partial charge on any atom is 0.259 e. The Morgan fingerprint density at radius 2 is 1.44 bits per heavy atom. The number of amides is 2. The van der Waals surface area contributed by atoms with Crippen LogP contribution in [-0.2, 0) is 27.4 Å². The molecule has 6 rings (SSSR count). The van der Waals surface area contributed by atoms with Crippen LogP contribution < -0.4 is 10.6 Å². The van der Waals surface area contributed by atoms with Gasteiger partial charge in [-0.3, -0.25) is 14.9 Å². The van der Waals surface area contributed by atoms with Gasteiger partial charge in [-0.1, -0.05) is 36.4 Å². The number of fused-ring (bicyclic) bond motifs is 12. The van der Waals surface area contributed by atoms with Crippen LogP contribution >= 0.6 is 0 Å². The Morgan fingerprint density at radius 3 is 2.03 bits per heavy atom. The van der Waals surface area contributed by atoms with E-state index >= 15 is 0 Å². The Balaban J connectivity index is 1.64. The fourth-order valence-electron chi connectivity index (χ4n) is 5.30. The number of aromatic nitrogens is 2. The predicted molar refractivity (Wildman–Crippen MR) is 132 cm³/mol. The lowest BCUT2D eigenvalue weighted by Gasteiger charge is -2.19. The normalized spacial score (nSPS) is 18.9. The van der Waals surface area contributed by atoms with Crippen LogP contribution in [0.4, 0.5) is 0 Å². The number of carbonyl (C=O) groups excluding carboxylic acids is 2. The van der Waals surface area contributed by atoms with E-state index in [1.54, 1.807) is 0 Å². The van der Waals surface area contributed by atoms with E-state index in [9.17, 15) is 9.59 Å². The third-order valence-corrected chi connectivity index (χ3v) is 6.86. The molecule has 2 aromatic heterocycles. The minimum Gasteiger partial charge on any atom is -0.375 e. The summed E-state index contributed by atoms with van der Waals surface area (Å²) in [4.78, 5) is 26.3. The first-order valence-electron chi connectivity index (χ1n) is 11.7. The van der Waals surface area contributed by atoms with Crippen molar-refractivity contribution in [3.8, 4) is 0 Å². The molecule has 4 aromatic rings. The number of carbonyl (C=O) groups is 2.